The smallest absolute Gasteiger partial charge is 0.244 e. The van der Waals surface area contributed by atoms with Crippen molar-refractivity contribution in [2.75, 3.05) is 24.2 Å². The number of rotatable bonds is 11. The molecule has 37 heavy (non-hydrogen) atoms. The van der Waals surface area contributed by atoms with E-state index in [0.29, 0.717) is 12.2 Å². The third-order valence-electron chi connectivity index (χ3n) is 6.47. The third kappa shape index (κ3) is 7.58. The van der Waals surface area contributed by atoms with E-state index in [2.05, 4.69) is 5.32 Å². The van der Waals surface area contributed by atoms with Gasteiger partial charge < -0.3 is 15.0 Å². The minimum absolute atomic E-state index is 0.0510. The number of carbonyl (C=O) groups is 2. The largest absolute Gasteiger partial charge is 0.497 e. The van der Waals surface area contributed by atoms with E-state index in [-0.39, 0.29) is 29.2 Å². The number of carbonyl (C=O) groups excluding carboxylic acids is 2. The summed E-state index contributed by atoms with van der Waals surface area (Å²) >= 11 is 5.88. The number of ether oxygens (including phenoxy) is 1. The van der Waals surface area contributed by atoms with Crippen LogP contribution < -0.4 is 14.4 Å². The van der Waals surface area contributed by atoms with Gasteiger partial charge in [-0.15, -0.1) is 0 Å². The summed E-state index contributed by atoms with van der Waals surface area (Å²) in [4.78, 5) is 28.4. The van der Waals surface area contributed by atoms with Crippen molar-refractivity contribution in [1.29, 1.82) is 0 Å². The highest BCUT2D eigenvalue weighted by molar-refractivity contribution is 7.92. The summed E-state index contributed by atoms with van der Waals surface area (Å²) in [6.07, 6.45) is 5.15. The summed E-state index contributed by atoms with van der Waals surface area (Å²) < 4.78 is 45.1. The fourth-order valence-electron chi connectivity index (χ4n) is 4.47. The van der Waals surface area contributed by atoms with E-state index in [0.717, 1.165) is 53.9 Å². The van der Waals surface area contributed by atoms with Crippen LogP contribution in [0.3, 0.4) is 0 Å². The van der Waals surface area contributed by atoms with E-state index in [1.165, 1.54) is 11.0 Å². The maximum atomic E-state index is 13.7. The molecule has 1 atom stereocenters. The van der Waals surface area contributed by atoms with Gasteiger partial charge in [-0.25, -0.2) is 12.8 Å². The Balaban J connectivity index is 1.93. The fraction of sp³-hybridized carbons (Fsp3) is 0.462. The lowest BCUT2D eigenvalue weighted by Gasteiger charge is -2.33. The zero-order valence-electron chi connectivity index (χ0n) is 21.2. The maximum Gasteiger partial charge on any atom is 0.244 e. The Morgan fingerprint density at radius 3 is 2.35 bits per heavy atom. The molecular weight excluding hydrogens is 521 g/mol. The molecule has 1 fully saturated rings. The Morgan fingerprint density at radius 1 is 1.16 bits per heavy atom. The molecule has 2 aromatic rings. The van der Waals surface area contributed by atoms with Gasteiger partial charge in [0.25, 0.3) is 0 Å². The third-order valence-corrected chi connectivity index (χ3v) is 7.90. The van der Waals surface area contributed by atoms with Gasteiger partial charge in [0.15, 0.2) is 0 Å². The number of hydrogen-bond acceptors (Lipinski definition) is 5. The Kier molecular flexibility index (Phi) is 9.78. The summed E-state index contributed by atoms with van der Waals surface area (Å²) in [7, 11) is -2.39. The predicted molar refractivity (Wildman–Crippen MR) is 142 cm³/mol. The second-order valence-electron chi connectivity index (χ2n) is 9.15. The van der Waals surface area contributed by atoms with E-state index in [4.69, 9.17) is 16.3 Å². The maximum absolute atomic E-state index is 13.7. The molecule has 3 rings (SSSR count). The first-order valence-electron chi connectivity index (χ1n) is 12.2. The average molecular weight is 554 g/mol. The van der Waals surface area contributed by atoms with Gasteiger partial charge in [0, 0.05) is 12.6 Å². The van der Waals surface area contributed by atoms with Gasteiger partial charge in [-0.3, -0.25) is 13.9 Å². The Morgan fingerprint density at radius 2 is 1.81 bits per heavy atom. The minimum atomic E-state index is -3.94. The summed E-state index contributed by atoms with van der Waals surface area (Å²) in [6, 6.07) is 9.77. The topological polar surface area (TPSA) is 96.0 Å². The van der Waals surface area contributed by atoms with Gasteiger partial charge in [-0.1, -0.05) is 43.5 Å². The lowest BCUT2D eigenvalue weighted by atomic mass is 10.1. The van der Waals surface area contributed by atoms with Crippen LogP contribution in [0.15, 0.2) is 42.5 Å². The van der Waals surface area contributed by atoms with Crippen molar-refractivity contribution in [2.24, 2.45) is 0 Å². The van der Waals surface area contributed by atoms with Crippen LogP contribution in [0.4, 0.5) is 10.1 Å². The number of nitrogens with one attached hydrogen (secondary N) is 1. The highest BCUT2D eigenvalue weighted by Crippen LogP contribution is 2.26. The van der Waals surface area contributed by atoms with Crippen LogP contribution in [0, 0.1) is 5.82 Å². The van der Waals surface area contributed by atoms with Crippen LogP contribution in [-0.2, 0) is 26.2 Å². The molecule has 0 aromatic heterocycles. The lowest BCUT2D eigenvalue weighted by molar-refractivity contribution is -0.140. The Hall–Kier alpha value is -2.85. The number of sulfonamides is 1. The van der Waals surface area contributed by atoms with Crippen LogP contribution >= 0.6 is 11.6 Å². The van der Waals surface area contributed by atoms with E-state index in [1.54, 1.807) is 38.3 Å². The van der Waals surface area contributed by atoms with Crippen molar-refractivity contribution in [2.45, 2.75) is 57.7 Å². The first-order valence-corrected chi connectivity index (χ1v) is 14.4. The van der Waals surface area contributed by atoms with Crippen LogP contribution in [-0.4, -0.2) is 57.1 Å². The van der Waals surface area contributed by atoms with Crippen LogP contribution in [0.1, 0.15) is 44.6 Å². The Bertz CT molecular complexity index is 1200. The SMILES string of the molecule is CCC(C(=O)NC1CCCC1)N(Cc1ccc(OC)cc1)C(=O)CN(c1ccc(F)c(Cl)c1)S(C)(=O)=O. The minimum Gasteiger partial charge on any atom is -0.497 e. The fourth-order valence-corrected chi connectivity index (χ4v) is 5.48. The summed E-state index contributed by atoms with van der Waals surface area (Å²) in [5.41, 5.74) is 0.798. The lowest BCUT2D eigenvalue weighted by Crippen LogP contribution is -2.53. The summed E-state index contributed by atoms with van der Waals surface area (Å²) in [6.45, 7) is 1.31. The second-order valence-corrected chi connectivity index (χ2v) is 11.5. The van der Waals surface area contributed by atoms with Gasteiger partial charge in [-0.2, -0.15) is 0 Å². The number of methoxy groups -OCH3 is 1. The molecule has 0 heterocycles. The molecule has 0 bridgehead atoms. The van der Waals surface area contributed by atoms with Crippen molar-refractivity contribution in [3.8, 4) is 5.75 Å². The van der Waals surface area contributed by atoms with E-state index >= 15 is 0 Å². The molecule has 0 aliphatic heterocycles. The van der Waals surface area contributed by atoms with Gasteiger partial charge >= 0.3 is 0 Å². The number of nitrogens with zero attached hydrogens (tertiary/aromatic N) is 2. The molecule has 1 unspecified atom stereocenters. The van der Waals surface area contributed by atoms with Crippen LogP contribution in [0.5, 0.6) is 5.75 Å². The molecule has 1 saturated carbocycles. The molecule has 1 N–H and O–H groups in total. The van der Waals surface area contributed by atoms with Crippen molar-refractivity contribution in [1.82, 2.24) is 10.2 Å². The van der Waals surface area contributed by atoms with Crippen molar-refractivity contribution in [3.05, 3.63) is 58.9 Å². The molecule has 0 radical (unpaired) electrons. The van der Waals surface area contributed by atoms with Gasteiger partial charge in [0.05, 0.1) is 24.1 Å². The molecule has 2 amide bonds. The quantitative estimate of drug-likeness (QED) is 0.451. The van der Waals surface area contributed by atoms with Crippen molar-refractivity contribution in [3.63, 3.8) is 0 Å². The zero-order chi connectivity index (χ0) is 27.2. The van der Waals surface area contributed by atoms with Crippen molar-refractivity contribution >= 4 is 39.1 Å². The van der Waals surface area contributed by atoms with Crippen molar-refractivity contribution < 1.29 is 27.1 Å². The molecule has 11 heteroatoms. The van der Waals surface area contributed by atoms with Gasteiger partial charge in [-0.05, 0) is 55.2 Å². The standard InChI is InChI=1S/C26H33ClFN3O5S/c1-4-24(26(33)29-19-7-5-6-8-19)30(16-18-9-12-21(36-2)13-10-18)25(32)17-31(37(3,34)35)20-11-14-23(28)22(27)15-20/h9-15,19,24H,4-8,16-17H2,1-3H3,(H,29,33). The number of anilines is 1. The predicted octanol–water partition coefficient (Wildman–Crippen LogP) is 4.12. The molecule has 1 aliphatic carbocycles. The Labute approximate surface area is 222 Å². The molecule has 0 spiro atoms. The highest BCUT2D eigenvalue weighted by Gasteiger charge is 2.33. The molecule has 8 nitrogen and oxygen atoms in total. The average Bonchev–Trinajstić information content (AvgIpc) is 3.36. The number of amides is 2. The molecule has 0 saturated heterocycles. The zero-order valence-corrected chi connectivity index (χ0v) is 22.8. The molecule has 202 valence electrons. The van der Waals surface area contributed by atoms with Crippen LogP contribution in [0.25, 0.3) is 0 Å². The first kappa shape index (κ1) is 28.7. The van der Waals surface area contributed by atoms with Gasteiger partial charge in [0.2, 0.25) is 21.8 Å². The number of benzene rings is 2. The first-order chi connectivity index (χ1) is 17.5. The number of halogens is 2. The highest BCUT2D eigenvalue weighted by atomic mass is 35.5. The molecule has 1 aliphatic rings. The summed E-state index contributed by atoms with van der Waals surface area (Å²) in [5.74, 6) is -0.910. The normalized spacial score (nSPS) is 14.7. The van der Waals surface area contributed by atoms with E-state index in [1.807, 2.05) is 0 Å². The number of hydrogen-bond donors (Lipinski definition) is 1. The van der Waals surface area contributed by atoms with E-state index in [9.17, 15) is 22.4 Å². The van der Waals surface area contributed by atoms with Gasteiger partial charge in [0.1, 0.15) is 24.2 Å². The monoisotopic (exact) mass is 553 g/mol. The van der Waals surface area contributed by atoms with Crippen LogP contribution in [0.2, 0.25) is 5.02 Å². The molecular formula is C26H33ClFN3O5S. The molecule has 2 aromatic carbocycles. The summed E-state index contributed by atoms with van der Waals surface area (Å²) in [5, 5.41) is 2.79. The van der Waals surface area contributed by atoms with E-state index < -0.39 is 34.3 Å². The second kappa shape index (κ2) is 12.6.